The zero-order valence-electron chi connectivity index (χ0n) is 17.5. The van der Waals surface area contributed by atoms with Crippen molar-refractivity contribution in [3.63, 3.8) is 0 Å². The molecule has 0 saturated carbocycles. The summed E-state index contributed by atoms with van der Waals surface area (Å²) in [6.45, 7) is 4.82. The maximum Gasteiger partial charge on any atom is 0.338 e. The second-order valence-corrected chi connectivity index (χ2v) is 7.50. The van der Waals surface area contributed by atoms with Crippen molar-refractivity contribution in [2.24, 2.45) is 0 Å². The number of anilines is 1. The number of rotatable bonds is 8. The fourth-order valence-electron chi connectivity index (χ4n) is 3.57. The molecule has 0 unspecified atom stereocenters. The molecule has 1 aliphatic heterocycles. The number of ether oxygens (including phenoxy) is 1. The van der Waals surface area contributed by atoms with E-state index in [1.165, 1.54) is 5.56 Å². The lowest BCUT2D eigenvalue weighted by molar-refractivity contribution is -0.129. The van der Waals surface area contributed by atoms with Crippen molar-refractivity contribution in [3.05, 3.63) is 65.7 Å². The third-order valence-corrected chi connectivity index (χ3v) is 5.43. The van der Waals surface area contributed by atoms with Gasteiger partial charge < -0.3 is 15.0 Å². The minimum Gasteiger partial charge on any atom is -0.449 e. The smallest absolute Gasteiger partial charge is 0.338 e. The third-order valence-electron chi connectivity index (χ3n) is 5.43. The van der Waals surface area contributed by atoms with Gasteiger partial charge in [0.05, 0.1) is 5.56 Å². The quantitative estimate of drug-likeness (QED) is 0.676. The number of hydrogen-bond acceptors (Lipinski definition) is 4. The van der Waals surface area contributed by atoms with E-state index in [-0.39, 0.29) is 17.7 Å². The molecule has 1 saturated heterocycles. The summed E-state index contributed by atoms with van der Waals surface area (Å²) in [5.74, 6) is -0.584. The van der Waals surface area contributed by atoms with Crippen LogP contribution in [0.1, 0.15) is 54.9 Å². The molecular weight excluding hydrogens is 380 g/mol. The van der Waals surface area contributed by atoms with Gasteiger partial charge in [-0.3, -0.25) is 9.59 Å². The first kappa shape index (κ1) is 21.6. The summed E-state index contributed by atoms with van der Waals surface area (Å²) in [5, 5.41) is 2.88. The largest absolute Gasteiger partial charge is 0.449 e. The van der Waals surface area contributed by atoms with Crippen LogP contribution in [0.25, 0.3) is 0 Å². The molecule has 1 heterocycles. The van der Waals surface area contributed by atoms with Crippen LogP contribution < -0.4 is 10.2 Å². The van der Waals surface area contributed by atoms with E-state index >= 15 is 0 Å². The lowest BCUT2D eigenvalue weighted by atomic mass is 9.96. The van der Waals surface area contributed by atoms with Crippen LogP contribution in [0.3, 0.4) is 0 Å². The van der Waals surface area contributed by atoms with E-state index in [1.807, 2.05) is 30.3 Å². The van der Waals surface area contributed by atoms with Gasteiger partial charge in [0.25, 0.3) is 5.91 Å². The number of benzene rings is 2. The number of hydrogen-bond donors (Lipinski definition) is 1. The van der Waals surface area contributed by atoms with Crippen molar-refractivity contribution in [3.8, 4) is 0 Å². The van der Waals surface area contributed by atoms with Crippen LogP contribution in [0, 0.1) is 0 Å². The van der Waals surface area contributed by atoms with E-state index in [0.29, 0.717) is 25.1 Å². The SMILES string of the molecule is CC[C@H](CNC(=O)[C@@H](C)OC(=O)c1ccc(N2CCCC2=O)cc1)c1ccccc1. The van der Waals surface area contributed by atoms with Crippen molar-refractivity contribution in [2.45, 2.75) is 45.1 Å². The Morgan fingerprint density at radius 2 is 1.80 bits per heavy atom. The molecule has 1 N–H and O–H groups in total. The summed E-state index contributed by atoms with van der Waals surface area (Å²) >= 11 is 0. The van der Waals surface area contributed by atoms with Gasteiger partial charge in [0, 0.05) is 31.1 Å². The summed E-state index contributed by atoms with van der Waals surface area (Å²) in [4.78, 5) is 38.3. The van der Waals surface area contributed by atoms with Gasteiger partial charge in [-0.2, -0.15) is 0 Å². The Hall–Kier alpha value is -3.15. The normalized spacial score (nSPS) is 15.5. The van der Waals surface area contributed by atoms with Crippen molar-refractivity contribution >= 4 is 23.5 Å². The monoisotopic (exact) mass is 408 g/mol. The Morgan fingerprint density at radius 1 is 1.10 bits per heavy atom. The van der Waals surface area contributed by atoms with E-state index in [4.69, 9.17) is 4.74 Å². The Balaban J connectivity index is 1.52. The average Bonchev–Trinajstić information content (AvgIpc) is 3.20. The second kappa shape index (κ2) is 10.1. The minimum atomic E-state index is -0.898. The van der Waals surface area contributed by atoms with Gasteiger partial charge in [-0.1, -0.05) is 37.3 Å². The average molecular weight is 408 g/mol. The molecule has 2 atom stereocenters. The summed E-state index contributed by atoms with van der Waals surface area (Å²) in [6, 6.07) is 16.7. The van der Waals surface area contributed by atoms with Gasteiger partial charge in [-0.05, 0) is 49.6 Å². The van der Waals surface area contributed by atoms with Crippen molar-refractivity contribution in [1.82, 2.24) is 5.32 Å². The predicted octanol–water partition coefficient (Wildman–Crippen LogP) is 3.67. The first-order chi connectivity index (χ1) is 14.5. The zero-order chi connectivity index (χ0) is 21.5. The fraction of sp³-hybridized carbons (Fsp3) is 0.375. The third kappa shape index (κ3) is 5.26. The van der Waals surface area contributed by atoms with E-state index in [0.717, 1.165) is 18.5 Å². The van der Waals surface area contributed by atoms with Crippen LogP contribution in [-0.2, 0) is 14.3 Å². The minimum absolute atomic E-state index is 0.0940. The molecule has 2 aromatic carbocycles. The van der Waals surface area contributed by atoms with Crippen molar-refractivity contribution < 1.29 is 19.1 Å². The second-order valence-electron chi connectivity index (χ2n) is 7.50. The van der Waals surface area contributed by atoms with Gasteiger partial charge in [0.15, 0.2) is 6.10 Å². The maximum absolute atomic E-state index is 12.4. The fourth-order valence-corrected chi connectivity index (χ4v) is 3.57. The molecule has 0 spiro atoms. The molecular formula is C24H28N2O4. The van der Waals surface area contributed by atoms with E-state index in [2.05, 4.69) is 12.2 Å². The van der Waals surface area contributed by atoms with Crippen LogP contribution in [-0.4, -0.2) is 37.0 Å². The first-order valence-electron chi connectivity index (χ1n) is 10.4. The molecule has 3 rings (SSSR count). The number of nitrogens with one attached hydrogen (secondary N) is 1. The van der Waals surface area contributed by atoms with E-state index in [1.54, 1.807) is 36.1 Å². The highest BCUT2D eigenvalue weighted by molar-refractivity contribution is 5.96. The standard InChI is InChI=1S/C24H28N2O4/c1-3-18(19-8-5-4-6-9-19)16-25-23(28)17(2)30-24(29)20-11-13-21(14-12-20)26-15-7-10-22(26)27/h4-6,8-9,11-14,17-18H,3,7,10,15-16H2,1-2H3,(H,25,28)/t17-,18-/m1/s1. The molecule has 158 valence electrons. The molecule has 0 aromatic heterocycles. The number of nitrogens with zero attached hydrogens (tertiary/aromatic N) is 1. The zero-order valence-corrected chi connectivity index (χ0v) is 17.5. The summed E-state index contributed by atoms with van der Waals surface area (Å²) in [6.07, 6.45) is 1.40. The summed E-state index contributed by atoms with van der Waals surface area (Å²) in [5.41, 5.74) is 2.29. The van der Waals surface area contributed by atoms with Crippen LogP contribution in [0.15, 0.2) is 54.6 Å². The number of carbonyl (C=O) groups is 3. The molecule has 2 amide bonds. The molecule has 0 bridgehead atoms. The molecule has 2 aromatic rings. The van der Waals surface area contributed by atoms with Crippen LogP contribution in [0.4, 0.5) is 5.69 Å². The molecule has 1 aliphatic rings. The summed E-state index contributed by atoms with van der Waals surface area (Å²) in [7, 11) is 0. The Morgan fingerprint density at radius 3 is 2.40 bits per heavy atom. The molecule has 0 radical (unpaired) electrons. The van der Waals surface area contributed by atoms with Crippen LogP contribution in [0.2, 0.25) is 0 Å². The molecule has 1 fully saturated rings. The number of carbonyl (C=O) groups excluding carboxylic acids is 3. The highest BCUT2D eigenvalue weighted by Crippen LogP contribution is 2.22. The Bertz CT molecular complexity index is 880. The van der Waals surface area contributed by atoms with Gasteiger partial charge in [0.1, 0.15) is 0 Å². The van der Waals surface area contributed by atoms with Gasteiger partial charge in [-0.15, -0.1) is 0 Å². The Kier molecular flexibility index (Phi) is 7.22. The van der Waals surface area contributed by atoms with Crippen LogP contribution in [0.5, 0.6) is 0 Å². The van der Waals surface area contributed by atoms with Crippen LogP contribution >= 0.6 is 0 Å². The van der Waals surface area contributed by atoms with Crippen molar-refractivity contribution in [2.75, 3.05) is 18.0 Å². The topological polar surface area (TPSA) is 75.7 Å². The number of amides is 2. The molecule has 6 nitrogen and oxygen atoms in total. The molecule has 0 aliphatic carbocycles. The highest BCUT2D eigenvalue weighted by Gasteiger charge is 2.23. The number of esters is 1. The van der Waals surface area contributed by atoms with E-state index < -0.39 is 12.1 Å². The predicted molar refractivity (Wildman–Crippen MR) is 115 cm³/mol. The van der Waals surface area contributed by atoms with Gasteiger partial charge >= 0.3 is 5.97 Å². The highest BCUT2D eigenvalue weighted by atomic mass is 16.5. The molecule has 30 heavy (non-hydrogen) atoms. The lowest BCUT2D eigenvalue weighted by Gasteiger charge is -2.19. The summed E-state index contributed by atoms with van der Waals surface area (Å²) < 4.78 is 5.32. The lowest BCUT2D eigenvalue weighted by Crippen LogP contribution is -2.38. The van der Waals surface area contributed by atoms with Gasteiger partial charge in [-0.25, -0.2) is 4.79 Å². The Labute approximate surface area is 177 Å². The van der Waals surface area contributed by atoms with Gasteiger partial charge in [0.2, 0.25) is 5.91 Å². The molecule has 6 heteroatoms. The van der Waals surface area contributed by atoms with E-state index in [9.17, 15) is 14.4 Å². The van der Waals surface area contributed by atoms with Crippen molar-refractivity contribution in [1.29, 1.82) is 0 Å². The maximum atomic E-state index is 12.4. The first-order valence-corrected chi connectivity index (χ1v) is 10.4.